The SMILES string of the molecule is C=CCc1cc(C=C2C(=O)NC(=O)N(c3ccc4c(c3)OCO4)C2=O)cc(OC)c1OCc1ccc(C(=O)O)cc1. The predicted octanol–water partition coefficient (Wildman–Crippen LogP) is 4.10. The third kappa shape index (κ3) is 5.46. The molecule has 0 atom stereocenters. The molecule has 41 heavy (non-hydrogen) atoms. The maximum absolute atomic E-state index is 13.4. The van der Waals surface area contributed by atoms with E-state index in [9.17, 15) is 19.2 Å². The molecule has 3 aromatic rings. The molecule has 1 fully saturated rings. The Morgan fingerprint density at radius 3 is 2.54 bits per heavy atom. The zero-order chi connectivity index (χ0) is 29.1. The number of benzene rings is 3. The summed E-state index contributed by atoms with van der Waals surface area (Å²) in [6, 6.07) is 13.3. The number of urea groups is 1. The molecule has 2 N–H and O–H groups in total. The van der Waals surface area contributed by atoms with Crippen molar-refractivity contribution in [2.45, 2.75) is 13.0 Å². The van der Waals surface area contributed by atoms with Gasteiger partial charge in [-0.3, -0.25) is 14.9 Å². The molecular weight excluding hydrogens is 532 g/mol. The number of rotatable bonds is 9. The van der Waals surface area contributed by atoms with Gasteiger partial charge in [-0.1, -0.05) is 18.2 Å². The molecule has 0 spiro atoms. The maximum Gasteiger partial charge on any atom is 0.335 e. The lowest BCUT2D eigenvalue weighted by molar-refractivity contribution is -0.122. The van der Waals surface area contributed by atoms with E-state index in [2.05, 4.69) is 11.9 Å². The highest BCUT2D eigenvalue weighted by Crippen LogP contribution is 2.37. The van der Waals surface area contributed by atoms with Gasteiger partial charge in [0, 0.05) is 11.6 Å². The standard InChI is InChI=1S/C30H24N2O9/c1-3-4-20-11-18(13-25(38-2)26(20)39-15-17-5-7-19(8-6-17)29(35)36)12-22-27(33)31-30(37)32(28(22)34)21-9-10-23-24(14-21)41-16-40-23/h3,5-14H,1,4,15-16H2,2H3,(H,35,36)(H,31,33,37). The first-order valence-corrected chi connectivity index (χ1v) is 12.4. The van der Waals surface area contributed by atoms with Crippen LogP contribution in [0.25, 0.3) is 6.08 Å². The second kappa shape index (κ2) is 11.3. The minimum absolute atomic E-state index is 0.0220. The van der Waals surface area contributed by atoms with Crippen molar-refractivity contribution in [3.8, 4) is 23.0 Å². The summed E-state index contributed by atoms with van der Waals surface area (Å²) in [5.41, 5.74) is 1.97. The molecule has 2 aliphatic heterocycles. The maximum atomic E-state index is 13.4. The number of carbonyl (C=O) groups is 4. The van der Waals surface area contributed by atoms with E-state index in [1.807, 2.05) is 0 Å². The Morgan fingerprint density at radius 2 is 1.83 bits per heavy atom. The minimum atomic E-state index is -1.02. The van der Waals surface area contributed by atoms with Crippen molar-refractivity contribution in [1.29, 1.82) is 0 Å². The number of methoxy groups -OCH3 is 1. The predicted molar refractivity (Wildman–Crippen MR) is 146 cm³/mol. The van der Waals surface area contributed by atoms with Crippen molar-refractivity contribution in [2.75, 3.05) is 18.8 Å². The van der Waals surface area contributed by atoms with Crippen LogP contribution >= 0.6 is 0 Å². The minimum Gasteiger partial charge on any atom is -0.493 e. The van der Waals surface area contributed by atoms with Crippen LogP contribution in [-0.2, 0) is 22.6 Å². The average molecular weight is 557 g/mol. The summed E-state index contributed by atoms with van der Waals surface area (Å²) in [4.78, 5) is 50.7. The second-order valence-electron chi connectivity index (χ2n) is 8.99. The number of imide groups is 2. The quantitative estimate of drug-likeness (QED) is 0.226. The van der Waals surface area contributed by atoms with Gasteiger partial charge in [0.05, 0.1) is 18.4 Å². The van der Waals surface area contributed by atoms with Gasteiger partial charge in [0.25, 0.3) is 11.8 Å². The number of anilines is 1. The molecule has 1 saturated heterocycles. The molecule has 11 nitrogen and oxygen atoms in total. The van der Waals surface area contributed by atoms with Gasteiger partial charge in [0.2, 0.25) is 6.79 Å². The monoisotopic (exact) mass is 556 g/mol. The van der Waals surface area contributed by atoms with E-state index >= 15 is 0 Å². The molecule has 0 radical (unpaired) electrons. The molecule has 0 aliphatic carbocycles. The number of carbonyl (C=O) groups excluding carboxylic acids is 3. The van der Waals surface area contributed by atoms with Crippen molar-refractivity contribution in [3.05, 3.63) is 95.1 Å². The van der Waals surface area contributed by atoms with Crippen molar-refractivity contribution >= 4 is 35.6 Å². The summed E-state index contributed by atoms with van der Waals surface area (Å²) in [5, 5.41) is 11.3. The number of nitrogens with zero attached hydrogens (tertiary/aromatic N) is 1. The Kier molecular flexibility index (Phi) is 7.42. The van der Waals surface area contributed by atoms with Gasteiger partial charge in [-0.25, -0.2) is 14.5 Å². The summed E-state index contributed by atoms with van der Waals surface area (Å²) in [6.45, 7) is 3.95. The summed E-state index contributed by atoms with van der Waals surface area (Å²) in [6.07, 6.45) is 3.41. The number of carboxylic acids is 1. The van der Waals surface area contributed by atoms with Gasteiger partial charge >= 0.3 is 12.0 Å². The van der Waals surface area contributed by atoms with Crippen molar-refractivity contribution in [1.82, 2.24) is 5.32 Å². The number of hydrogen-bond acceptors (Lipinski definition) is 8. The number of amides is 4. The average Bonchev–Trinajstić information content (AvgIpc) is 3.43. The van der Waals surface area contributed by atoms with Crippen molar-refractivity contribution in [2.24, 2.45) is 0 Å². The van der Waals surface area contributed by atoms with E-state index in [-0.39, 0.29) is 30.2 Å². The van der Waals surface area contributed by atoms with E-state index in [4.69, 9.17) is 24.1 Å². The molecule has 0 bridgehead atoms. The Bertz CT molecular complexity index is 1610. The molecule has 11 heteroatoms. The number of fused-ring (bicyclic) bond motifs is 1. The van der Waals surface area contributed by atoms with E-state index in [0.29, 0.717) is 40.5 Å². The normalized spacial score (nSPS) is 15.1. The van der Waals surface area contributed by atoms with Crippen LogP contribution in [-0.4, -0.2) is 42.8 Å². The smallest absolute Gasteiger partial charge is 0.335 e. The molecule has 2 aliphatic rings. The Balaban J connectivity index is 1.45. The summed E-state index contributed by atoms with van der Waals surface area (Å²) in [7, 11) is 1.46. The Hall–Kier alpha value is -5.58. The van der Waals surface area contributed by atoms with E-state index < -0.39 is 23.8 Å². The third-order valence-electron chi connectivity index (χ3n) is 6.35. The molecule has 208 valence electrons. The molecule has 0 aromatic heterocycles. The fraction of sp³-hybridized carbons (Fsp3) is 0.133. The van der Waals surface area contributed by atoms with E-state index in [1.165, 1.54) is 37.5 Å². The number of aromatic carboxylic acids is 1. The van der Waals surface area contributed by atoms with Crippen LogP contribution in [0, 0.1) is 0 Å². The largest absolute Gasteiger partial charge is 0.493 e. The van der Waals surface area contributed by atoms with Crippen molar-refractivity contribution in [3.63, 3.8) is 0 Å². The fourth-order valence-corrected chi connectivity index (χ4v) is 4.37. The number of nitrogens with one attached hydrogen (secondary N) is 1. The number of hydrogen-bond donors (Lipinski definition) is 2. The van der Waals surface area contributed by atoms with Gasteiger partial charge in [-0.05, 0) is 60.0 Å². The second-order valence-corrected chi connectivity index (χ2v) is 8.99. The van der Waals surface area contributed by atoms with Crippen molar-refractivity contribution < 1.29 is 43.2 Å². The highest BCUT2D eigenvalue weighted by Gasteiger charge is 2.37. The Labute approximate surface area is 234 Å². The fourth-order valence-electron chi connectivity index (χ4n) is 4.37. The van der Waals surface area contributed by atoms with Crippen LogP contribution < -0.4 is 29.2 Å². The molecule has 0 unspecified atom stereocenters. The van der Waals surface area contributed by atoms with Gasteiger partial charge in [-0.15, -0.1) is 6.58 Å². The molecule has 0 saturated carbocycles. The number of barbiturate groups is 1. The lowest BCUT2D eigenvalue weighted by atomic mass is 10.0. The van der Waals surface area contributed by atoms with Crippen LogP contribution in [0.15, 0.2) is 72.8 Å². The zero-order valence-corrected chi connectivity index (χ0v) is 21.8. The van der Waals surface area contributed by atoms with Crippen LogP contribution in [0.3, 0.4) is 0 Å². The summed E-state index contributed by atoms with van der Waals surface area (Å²) >= 11 is 0. The highest BCUT2D eigenvalue weighted by molar-refractivity contribution is 6.39. The first kappa shape index (κ1) is 27.0. The molecular formula is C30H24N2O9. The van der Waals surface area contributed by atoms with Crippen LogP contribution in [0.4, 0.5) is 10.5 Å². The Morgan fingerprint density at radius 1 is 1.07 bits per heavy atom. The van der Waals surface area contributed by atoms with Crippen LogP contribution in [0.2, 0.25) is 0 Å². The highest BCUT2D eigenvalue weighted by atomic mass is 16.7. The zero-order valence-electron chi connectivity index (χ0n) is 21.8. The van der Waals surface area contributed by atoms with Gasteiger partial charge in [0.1, 0.15) is 12.2 Å². The first-order valence-electron chi connectivity index (χ1n) is 12.4. The van der Waals surface area contributed by atoms with E-state index in [0.717, 1.165) is 10.5 Å². The number of ether oxygens (including phenoxy) is 4. The molecule has 5 rings (SSSR count). The molecule has 4 amide bonds. The lowest BCUT2D eigenvalue weighted by Gasteiger charge is -2.26. The van der Waals surface area contributed by atoms with Gasteiger partial charge in [0.15, 0.2) is 23.0 Å². The van der Waals surface area contributed by atoms with Crippen LogP contribution in [0.5, 0.6) is 23.0 Å². The number of carboxylic acid groups (broad SMARTS) is 1. The topological polar surface area (TPSA) is 141 Å². The number of allylic oxidation sites excluding steroid dienone is 1. The first-order chi connectivity index (χ1) is 19.8. The molecule has 3 aromatic carbocycles. The van der Waals surface area contributed by atoms with Crippen LogP contribution in [0.1, 0.15) is 27.0 Å². The summed E-state index contributed by atoms with van der Waals surface area (Å²) < 4.78 is 22.2. The van der Waals surface area contributed by atoms with E-state index in [1.54, 1.807) is 36.4 Å². The van der Waals surface area contributed by atoms with Gasteiger partial charge in [-0.2, -0.15) is 0 Å². The lowest BCUT2D eigenvalue weighted by Crippen LogP contribution is -2.54. The molecule has 2 heterocycles. The third-order valence-corrected chi connectivity index (χ3v) is 6.35. The summed E-state index contributed by atoms with van der Waals surface area (Å²) in [5.74, 6) is -1.06. The van der Waals surface area contributed by atoms with Gasteiger partial charge < -0.3 is 24.1 Å².